The fourth-order valence-electron chi connectivity index (χ4n) is 5.38. The number of H-pyrrole nitrogens is 1. The van der Waals surface area contributed by atoms with Gasteiger partial charge in [-0.2, -0.15) is 13.2 Å². The first-order valence-corrected chi connectivity index (χ1v) is 13.4. The van der Waals surface area contributed by atoms with Gasteiger partial charge in [0.15, 0.2) is 5.82 Å². The number of hydrogen-bond acceptors (Lipinski definition) is 7. The maximum atomic E-state index is 13.5. The van der Waals surface area contributed by atoms with E-state index in [2.05, 4.69) is 38.4 Å². The Kier molecular flexibility index (Phi) is 7.08. The molecule has 1 atom stereocenters. The highest BCUT2D eigenvalue weighted by molar-refractivity contribution is 5.80. The number of anilines is 1. The van der Waals surface area contributed by atoms with Crippen LogP contribution in [-0.4, -0.2) is 56.3 Å². The van der Waals surface area contributed by atoms with Gasteiger partial charge < -0.3 is 14.3 Å². The van der Waals surface area contributed by atoms with Gasteiger partial charge in [-0.05, 0) is 76.3 Å². The summed E-state index contributed by atoms with van der Waals surface area (Å²) in [4.78, 5) is 20.6. The molecule has 1 N–H and O–H groups in total. The van der Waals surface area contributed by atoms with Gasteiger partial charge in [0, 0.05) is 42.9 Å². The summed E-state index contributed by atoms with van der Waals surface area (Å²) in [6.07, 6.45) is -1.99. The minimum atomic E-state index is -4.41. The quantitative estimate of drug-likeness (QED) is 0.308. The van der Waals surface area contributed by atoms with Gasteiger partial charge in [-0.15, -0.1) is 5.10 Å². The van der Waals surface area contributed by atoms with Crippen molar-refractivity contribution < 1.29 is 17.6 Å². The molecule has 1 aliphatic heterocycles. The summed E-state index contributed by atoms with van der Waals surface area (Å²) < 4.78 is 47.1. The van der Waals surface area contributed by atoms with Crippen molar-refractivity contribution in [2.24, 2.45) is 0 Å². The van der Waals surface area contributed by atoms with E-state index in [0.29, 0.717) is 49.0 Å². The predicted octanol–water partition coefficient (Wildman–Crippen LogP) is 4.65. The number of benzene rings is 2. The smallest absolute Gasteiger partial charge is 0.416 e. The summed E-state index contributed by atoms with van der Waals surface area (Å²) >= 11 is 0. The second-order valence-corrected chi connectivity index (χ2v) is 10.1. The molecule has 4 heterocycles. The van der Waals surface area contributed by atoms with Gasteiger partial charge >= 0.3 is 6.18 Å². The molecule has 9 nitrogen and oxygen atoms in total. The molecule has 0 amide bonds. The summed E-state index contributed by atoms with van der Waals surface area (Å²) in [6.45, 7) is 4.22. The molecule has 12 heteroatoms. The Hall–Kier alpha value is -4.45. The number of alkyl halides is 3. The van der Waals surface area contributed by atoms with E-state index in [0.717, 1.165) is 29.0 Å². The van der Waals surface area contributed by atoms with Crippen molar-refractivity contribution in [1.29, 1.82) is 0 Å². The maximum absolute atomic E-state index is 13.5. The molecule has 0 unspecified atom stereocenters. The third-order valence-corrected chi connectivity index (χ3v) is 7.55. The lowest BCUT2D eigenvalue weighted by Gasteiger charge is -2.39. The number of aromatic nitrogens is 5. The second kappa shape index (κ2) is 10.8. The average Bonchev–Trinajstić information content (AvgIpc) is 3.66. The zero-order valence-corrected chi connectivity index (χ0v) is 22.3. The Morgan fingerprint density at radius 1 is 1.02 bits per heavy atom. The average molecular weight is 564 g/mol. The molecule has 1 saturated heterocycles. The van der Waals surface area contributed by atoms with Crippen LogP contribution in [-0.2, 0) is 19.1 Å². The second-order valence-electron chi connectivity index (χ2n) is 10.1. The summed E-state index contributed by atoms with van der Waals surface area (Å²) in [5.41, 5.74) is 1.95. The van der Waals surface area contributed by atoms with Crippen molar-refractivity contribution in [3.05, 3.63) is 106 Å². The summed E-state index contributed by atoms with van der Waals surface area (Å²) in [5.74, 6) is 1.14. The van der Waals surface area contributed by atoms with E-state index in [9.17, 15) is 18.0 Å². The zero-order valence-electron chi connectivity index (χ0n) is 22.3. The maximum Gasteiger partial charge on any atom is 0.416 e. The number of nitrogens with one attached hydrogen (secondary N) is 1. The lowest BCUT2D eigenvalue weighted by atomic mass is 10.0. The van der Waals surface area contributed by atoms with Crippen LogP contribution in [0.15, 0.2) is 76.1 Å². The van der Waals surface area contributed by atoms with Crippen LogP contribution in [0.5, 0.6) is 0 Å². The third kappa shape index (κ3) is 5.47. The molecule has 212 valence electrons. The Morgan fingerprint density at radius 3 is 2.59 bits per heavy atom. The van der Waals surface area contributed by atoms with Crippen LogP contribution < -0.4 is 10.5 Å². The lowest BCUT2D eigenvalue weighted by molar-refractivity contribution is -0.137. The van der Waals surface area contributed by atoms with E-state index in [-0.39, 0.29) is 12.1 Å². The van der Waals surface area contributed by atoms with Crippen LogP contribution in [0, 0.1) is 0 Å². The lowest BCUT2D eigenvalue weighted by Crippen LogP contribution is -2.49. The van der Waals surface area contributed by atoms with Gasteiger partial charge in [0.1, 0.15) is 18.3 Å². The molecule has 0 radical (unpaired) electrons. The Labute approximate surface area is 233 Å². The molecule has 0 saturated carbocycles. The molecule has 0 aliphatic carbocycles. The monoisotopic (exact) mass is 563 g/mol. The normalized spacial score (nSPS) is 15.5. The highest BCUT2D eigenvalue weighted by Gasteiger charge is 2.34. The third-order valence-electron chi connectivity index (χ3n) is 7.55. The van der Waals surface area contributed by atoms with Crippen molar-refractivity contribution in [2.75, 3.05) is 31.1 Å². The molecule has 5 aromatic rings. The van der Waals surface area contributed by atoms with Crippen LogP contribution in [0.2, 0.25) is 0 Å². The van der Waals surface area contributed by atoms with Crippen LogP contribution in [0.3, 0.4) is 0 Å². The Bertz CT molecular complexity index is 1700. The highest BCUT2D eigenvalue weighted by Crippen LogP contribution is 2.33. The minimum Gasteiger partial charge on any atom is -0.467 e. The van der Waals surface area contributed by atoms with E-state index in [1.807, 2.05) is 29.2 Å². The van der Waals surface area contributed by atoms with Crippen molar-refractivity contribution in [2.45, 2.75) is 32.1 Å². The number of tetrazole rings is 1. The Balaban J connectivity index is 1.36. The molecule has 0 bridgehead atoms. The molecule has 1 fully saturated rings. The van der Waals surface area contributed by atoms with E-state index in [1.54, 1.807) is 23.1 Å². The number of piperazine rings is 1. The molecule has 2 aromatic carbocycles. The predicted molar refractivity (Wildman–Crippen MR) is 147 cm³/mol. The number of fused-ring (bicyclic) bond motifs is 1. The van der Waals surface area contributed by atoms with Crippen LogP contribution in [0.1, 0.15) is 41.2 Å². The summed E-state index contributed by atoms with van der Waals surface area (Å²) in [7, 11) is 0. The summed E-state index contributed by atoms with van der Waals surface area (Å²) in [5, 5.41) is 13.4. The van der Waals surface area contributed by atoms with Crippen molar-refractivity contribution in [1.82, 2.24) is 30.1 Å². The fraction of sp³-hybridized carbons (Fsp3) is 0.310. The zero-order chi connectivity index (χ0) is 28.6. The van der Waals surface area contributed by atoms with Gasteiger partial charge in [0.05, 0.1) is 11.8 Å². The molecule has 6 rings (SSSR count). The number of rotatable bonds is 7. The number of hydrogen-bond donors (Lipinski definition) is 1. The van der Waals surface area contributed by atoms with Gasteiger partial charge in [0.2, 0.25) is 0 Å². The van der Waals surface area contributed by atoms with Crippen molar-refractivity contribution in [3.63, 3.8) is 0 Å². The molecule has 3 aromatic heterocycles. The number of aryl methyl sites for hydroxylation is 1. The standard InChI is InChI=1S/C29H28F3N7O2/c1-2-19-8-9-25-20(15-19)16-24(28(40)33-25)26(27-34-35-36-39(27)18-23-7-4-14-41-23)38-12-10-37(11-13-38)22-6-3-5-21(17-22)29(30,31)32/h3-9,14-17,26H,2,10-13,18H2,1H3,(H,33,40)/t26-/m0/s1. The first-order chi connectivity index (χ1) is 19.8. The Morgan fingerprint density at radius 2 is 1.85 bits per heavy atom. The number of halogens is 3. The van der Waals surface area contributed by atoms with Gasteiger partial charge in [-0.25, -0.2) is 4.68 Å². The molecule has 41 heavy (non-hydrogen) atoms. The van der Waals surface area contributed by atoms with Crippen LogP contribution in [0.4, 0.5) is 18.9 Å². The first-order valence-electron chi connectivity index (χ1n) is 13.4. The van der Waals surface area contributed by atoms with Crippen molar-refractivity contribution in [3.8, 4) is 0 Å². The van der Waals surface area contributed by atoms with Crippen LogP contribution >= 0.6 is 0 Å². The van der Waals surface area contributed by atoms with E-state index >= 15 is 0 Å². The molecular formula is C29H28F3N7O2. The van der Waals surface area contributed by atoms with E-state index in [4.69, 9.17) is 4.42 Å². The number of nitrogens with zero attached hydrogens (tertiary/aromatic N) is 6. The summed E-state index contributed by atoms with van der Waals surface area (Å²) in [6, 6.07) is 16.2. The van der Waals surface area contributed by atoms with Gasteiger partial charge in [-0.1, -0.05) is 19.1 Å². The number of furan rings is 1. The molecular weight excluding hydrogens is 535 g/mol. The topological polar surface area (TPSA) is 96.1 Å². The fourth-order valence-corrected chi connectivity index (χ4v) is 5.38. The van der Waals surface area contributed by atoms with Crippen molar-refractivity contribution >= 4 is 16.6 Å². The highest BCUT2D eigenvalue weighted by atomic mass is 19.4. The van der Waals surface area contributed by atoms with Crippen LogP contribution in [0.25, 0.3) is 10.9 Å². The number of aromatic amines is 1. The minimum absolute atomic E-state index is 0.250. The van der Waals surface area contributed by atoms with E-state index in [1.165, 1.54) is 12.1 Å². The largest absolute Gasteiger partial charge is 0.467 e. The SMILES string of the molecule is CCc1ccc2[nH]c(=O)c([C@@H](c3nnnn3Cc3ccco3)N3CCN(c4cccc(C(F)(F)F)c4)CC3)cc2c1. The molecule has 1 aliphatic rings. The first kappa shape index (κ1) is 26.8. The molecule has 0 spiro atoms. The number of pyridine rings is 1. The van der Waals surface area contributed by atoms with Gasteiger partial charge in [-0.3, -0.25) is 9.69 Å². The van der Waals surface area contributed by atoms with E-state index < -0.39 is 17.8 Å². The van der Waals surface area contributed by atoms with Gasteiger partial charge in [0.25, 0.3) is 5.56 Å².